The lowest BCUT2D eigenvalue weighted by molar-refractivity contribution is -0.118. The number of hydrogen-bond acceptors (Lipinski definition) is 11. The van der Waals surface area contributed by atoms with Crippen LogP contribution in [-0.2, 0) is 14.3 Å². The standard InChI is InChI=1S/C31H30N6O4S2/c1-17-7-5-6-8-20(17)25-21(15-32)27(33)37(22-13-31(2,3)14-23(38)26(22)25)29-35-36-30(43-29)42-16-24(39)34-19-11-9-18(10-12-19)28(40)41-4/h5-12,25H,13-14,16,33H2,1-4H3,(H,34,39). The van der Waals surface area contributed by atoms with Gasteiger partial charge in [-0.2, -0.15) is 5.26 Å². The summed E-state index contributed by atoms with van der Waals surface area (Å²) in [5.74, 6) is -1.00. The van der Waals surface area contributed by atoms with Gasteiger partial charge in [0.05, 0.1) is 36.0 Å². The van der Waals surface area contributed by atoms with E-state index in [9.17, 15) is 19.6 Å². The van der Waals surface area contributed by atoms with Crippen molar-refractivity contribution in [2.75, 3.05) is 23.1 Å². The van der Waals surface area contributed by atoms with Crippen molar-refractivity contribution in [2.45, 2.75) is 43.9 Å². The topological polar surface area (TPSA) is 151 Å². The van der Waals surface area contributed by atoms with Gasteiger partial charge in [-0.3, -0.25) is 14.5 Å². The number of anilines is 2. The molecule has 0 spiro atoms. The number of carbonyl (C=O) groups is 3. The number of ether oxygens (including phenoxy) is 1. The normalized spacial score (nSPS) is 17.8. The number of rotatable bonds is 7. The van der Waals surface area contributed by atoms with Crippen LogP contribution in [0.1, 0.15) is 54.1 Å². The third-order valence-electron chi connectivity index (χ3n) is 7.38. The lowest BCUT2D eigenvalue weighted by Crippen LogP contribution is -2.42. The van der Waals surface area contributed by atoms with Crippen LogP contribution >= 0.6 is 23.1 Å². The maximum Gasteiger partial charge on any atom is 0.337 e. The number of amides is 1. The first-order valence-corrected chi connectivity index (χ1v) is 15.3. The summed E-state index contributed by atoms with van der Waals surface area (Å²) in [6.45, 7) is 6.04. The Hall–Kier alpha value is -4.47. The van der Waals surface area contributed by atoms with Crippen LogP contribution in [0.2, 0.25) is 0 Å². The number of aromatic nitrogens is 2. The van der Waals surface area contributed by atoms with E-state index in [1.165, 1.54) is 30.2 Å². The third kappa shape index (κ3) is 6.04. The number of aryl methyl sites for hydroxylation is 1. The molecule has 0 fully saturated rings. The summed E-state index contributed by atoms with van der Waals surface area (Å²) in [5, 5.41) is 22.1. The molecule has 0 bridgehead atoms. The van der Waals surface area contributed by atoms with Crippen LogP contribution in [0.3, 0.4) is 0 Å². The summed E-state index contributed by atoms with van der Waals surface area (Å²) < 4.78 is 5.22. The quantitative estimate of drug-likeness (QED) is 0.265. The van der Waals surface area contributed by atoms with Crippen LogP contribution in [0, 0.1) is 23.7 Å². The number of thioether (sulfide) groups is 1. The van der Waals surface area contributed by atoms with E-state index in [0.717, 1.165) is 16.8 Å². The molecule has 1 aliphatic heterocycles. The molecule has 1 aliphatic carbocycles. The first-order valence-electron chi connectivity index (χ1n) is 13.5. The predicted octanol–water partition coefficient (Wildman–Crippen LogP) is 5.30. The monoisotopic (exact) mass is 614 g/mol. The van der Waals surface area contributed by atoms with Crippen LogP contribution in [0.15, 0.2) is 75.5 Å². The number of hydrogen-bond donors (Lipinski definition) is 2. The number of nitrogens with one attached hydrogen (secondary N) is 1. The van der Waals surface area contributed by atoms with Crippen molar-refractivity contribution in [3.63, 3.8) is 0 Å². The van der Waals surface area contributed by atoms with E-state index in [1.807, 2.05) is 45.0 Å². The molecule has 0 saturated carbocycles. The Labute approximate surface area is 257 Å². The highest BCUT2D eigenvalue weighted by molar-refractivity contribution is 8.01. The Kier molecular flexibility index (Phi) is 8.39. The molecule has 3 aromatic rings. The van der Waals surface area contributed by atoms with Crippen molar-refractivity contribution >= 4 is 51.6 Å². The van der Waals surface area contributed by atoms with Gasteiger partial charge in [-0.05, 0) is 54.2 Å². The number of nitrogens with zero attached hydrogens (tertiary/aromatic N) is 4. The van der Waals surface area contributed by atoms with E-state index in [1.54, 1.807) is 29.2 Å². The van der Waals surface area contributed by atoms with E-state index in [2.05, 4.69) is 21.6 Å². The van der Waals surface area contributed by atoms with Gasteiger partial charge in [0.1, 0.15) is 5.82 Å². The number of nitriles is 1. The molecule has 0 radical (unpaired) electrons. The Morgan fingerprint density at radius 1 is 1.19 bits per heavy atom. The zero-order valence-corrected chi connectivity index (χ0v) is 25.8. The largest absolute Gasteiger partial charge is 0.465 e. The molecular formula is C31H30N6O4S2. The van der Waals surface area contributed by atoms with E-state index in [4.69, 9.17) is 10.5 Å². The molecule has 2 heterocycles. The maximum atomic E-state index is 13.7. The molecule has 3 N–H and O–H groups in total. The second-order valence-electron chi connectivity index (χ2n) is 11.1. The van der Waals surface area contributed by atoms with Gasteiger partial charge in [-0.25, -0.2) is 4.79 Å². The Morgan fingerprint density at radius 2 is 1.91 bits per heavy atom. The molecule has 1 aromatic heterocycles. The van der Waals surface area contributed by atoms with Crippen molar-refractivity contribution in [1.29, 1.82) is 5.26 Å². The minimum atomic E-state index is -0.562. The summed E-state index contributed by atoms with van der Waals surface area (Å²) in [5.41, 5.74) is 10.8. The molecule has 220 valence electrons. The van der Waals surface area contributed by atoms with Gasteiger partial charge in [-0.15, -0.1) is 10.2 Å². The molecule has 1 atom stereocenters. The summed E-state index contributed by atoms with van der Waals surface area (Å²) >= 11 is 2.44. The zero-order valence-electron chi connectivity index (χ0n) is 24.1. The number of Topliss-reactive ketones (excluding diaryl/α,β-unsaturated/α-hetero) is 1. The number of methoxy groups -OCH3 is 1. The zero-order chi connectivity index (χ0) is 30.9. The highest BCUT2D eigenvalue weighted by atomic mass is 32.2. The molecule has 2 aliphatic rings. The van der Waals surface area contributed by atoms with Crippen molar-refractivity contribution < 1.29 is 19.1 Å². The molecule has 5 rings (SSSR count). The van der Waals surface area contributed by atoms with Gasteiger partial charge in [0.15, 0.2) is 10.1 Å². The number of nitrogens with two attached hydrogens (primary N) is 1. The average molecular weight is 615 g/mol. The minimum absolute atomic E-state index is 0.0137. The first-order chi connectivity index (χ1) is 20.5. The Bertz CT molecular complexity index is 1720. The number of allylic oxidation sites excluding steroid dienone is 3. The molecule has 43 heavy (non-hydrogen) atoms. The summed E-state index contributed by atoms with van der Waals surface area (Å²) in [7, 11) is 1.31. The van der Waals surface area contributed by atoms with Gasteiger partial charge < -0.3 is 15.8 Å². The van der Waals surface area contributed by atoms with Crippen LogP contribution in [0.4, 0.5) is 10.8 Å². The lowest BCUT2D eigenvalue weighted by atomic mass is 9.68. The Morgan fingerprint density at radius 3 is 2.58 bits per heavy atom. The molecule has 10 nitrogen and oxygen atoms in total. The third-order valence-corrected chi connectivity index (χ3v) is 9.43. The average Bonchev–Trinajstić information content (AvgIpc) is 3.43. The van der Waals surface area contributed by atoms with E-state index in [-0.39, 0.29) is 28.7 Å². The SMILES string of the molecule is COC(=O)c1ccc(NC(=O)CSc2nnc(N3C(N)=C(C#N)C(c4ccccc4C)C4=C3CC(C)(C)CC4=O)s2)cc1. The van der Waals surface area contributed by atoms with E-state index in [0.29, 0.717) is 44.7 Å². The number of esters is 1. The summed E-state index contributed by atoms with van der Waals surface area (Å²) in [4.78, 5) is 39.7. The predicted molar refractivity (Wildman–Crippen MR) is 165 cm³/mol. The first kappa shape index (κ1) is 30.0. The number of carbonyl (C=O) groups excluding carboxylic acids is 3. The highest BCUT2D eigenvalue weighted by Gasteiger charge is 2.45. The molecular weight excluding hydrogens is 585 g/mol. The van der Waals surface area contributed by atoms with Gasteiger partial charge >= 0.3 is 5.97 Å². The van der Waals surface area contributed by atoms with Gasteiger partial charge in [-0.1, -0.05) is 61.2 Å². The molecule has 12 heteroatoms. The minimum Gasteiger partial charge on any atom is -0.465 e. The maximum absolute atomic E-state index is 13.7. The fourth-order valence-electron chi connectivity index (χ4n) is 5.43. The summed E-state index contributed by atoms with van der Waals surface area (Å²) in [6.07, 6.45) is 0.924. The van der Waals surface area contributed by atoms with Crippen LogP contribution < -0.4 is 16.0 Å². The van der Waals surface area contributed by atoms with Gasteiger partial charge in [0, 0.05) is 23.4 Å². The smallest absolute Gasteiger partial charge is 0.337 e. The van der Waals surface area contributed by atoms with Crippen molar-refractivity contribution in [2.24, 2.45) is 11.1 Å². The van der Waals surface area contributed by atoms with Crippen LogP contribution in [0.5, 0.6) is 0 Å². The van der Waals surface area contributed by atoms with Crippen LogP contribution in [0.25, 0.3) is 0 Å². The van der Waals surface area contributed by atoms with Crippen molar-refractivity contribution in [1.82, 2.24) is 10.2 Å². The molecule has 2 aromatic carbocycles. The fourth-order valence-corrected chi connectivity index (χ4v) is 7.11. The van der Waals surface area contributed by atoms with Crippen molar-refractivity contribution in [3.8, 4) is 6.07 Å². The second kappa shape index (κ2) is 12.0. The summed E-state index contributed by atoms with van der Waals surface area (Å²) in [6, 6.07) is 16.4. The second-order valence-corrected chi connectivity index (χ2v) is 13.3. The van der Waals surface area contributed by atoms with Crippen molar-refractivity contribution in [3.05, 3.63) is 87.9 Å². The fraction of sp³-hybridized carbons (Fsp3) is 0.290. The Balaban J connectivity index is 1.41. The van der Waals surface area contributed by atoms with Crippen LogP contribution in [-0.4, -0.2) is 40.7 Å². The molecule has 1 amide bonds. The molecule has 1 unspecified atom stereocenters. The molecule has 0 saturated heterocycles. The van der Waals surface area contributed by atoms with E-state index < -0.39 is 11.9 Å². The lowest BCUT2D eigenvalue weighted by Gasteiger charge is -2.42. The van der Waals surface area contributed by atoms with Gasteiger partial charge in [0.2, 0.25) is 11.0 Å². The number of benzene rings is 2. The number of ketones is 1. The van der Waals surface area contributed by atoms with Gasteiger partial charge in [0.25, 0.3) is 0 Å². The highest BCUT2D eigenvalue weighted by Crippen LogP contribution is 2.51. The van der Waals surface area contributed by atoms with E-state index >= 15 is 0 Å².